The number of hydrogen-bond donors (Lipinski definition) is 1. The van der Waals surface area contributed by atoms with Crippen LogP contribution in [0.3, 0.4) is 0 Å². The first-order chi connectivity index (χ1) is 16.2. The first-order valence-corrected chi connectivity index (χ1v) is 10.9. The summed E-state index contributed by atoms with van der Waals surface area (Å²) in [5, 5.41) is 8.50. The quantitative estimate of drug-likeness (QED) is 0.437. The lowest BCUT2D eigenvalue weighted by molar-refractivity contribution is -0.154. The van der Waals surface area contributed by atoms with E-state index < -0.39 is 0 Å². The van der Waals surface area contributed by atoms with E-state index in [4.69, 9.17) is 9.57 Å². The van der Waals surface area contributed by atoms with Crippen molar-refractivity contribution in [2.75, 3.05) is 12.2 Å². The molecule has 33 heavy (non-hydrogen) atoms. The molecule has 3 aromatic heterocycles. The number of aromatic nitrogens is 5. The lowest BCUT2D eigenvalue weighted by Crippen LogP contribution is -2.33. The molecule has 0 aliphatic carbocycles. The monoisotopic (exact) mass is 444 g/mol. The highest BCUT2D eigenvalue weighted by atomic mass is 16.8. The maximum atomic E-state index is 12.5. The molecule has 1 N–H and O–H groups in total. The number of ether oxygens (including phenoxy) is 1. The van der Waals surface area contributed by atoms with Crippen molar-refractivity contribution in [1.82, 2.24) is 24.7 Å². The lowest BCUT2D eigenvalue weighted by Gasteiger charge is -2.22. The molecular weight excluding hydrogens is 420 g/mol. The van der Waals surface area contributed by atoms with Crippen LogP contribution in [-0.4, -0.2) is 37.6 Å². The third-order valence-corrected chi connectivity index (χ3v) is 5.49. The van der Waals surface area contributed by atoms with Gasteiger partial charge in [-0.15, -0.1) is 5.10 Å². The molecule has 9 heteroatoms. The van der Waals surface area contributed by atoms with E-state index in [-0.39, 0.29) is 11.8 Å². The van der Waals surface area contributed by atoms with Gasteiger partial charge in [0.1, 0.15) is 5.69 Å². The van der Waals surface area contributed by atoms with Gasteiger partial charge in [0, 0.05) is 43.2 Å². The maximum absolute atomic E-state index is 12.5. The standard InChI is InChI=1S/C24H24N6O3/c31-23-15-21(10-13-30(23)28-33-24-3-1-2-14-32-24)19-4-6-20(7-5-19)22-17-29(27-26-22)16-18-8-11-25-12-9-18/h4-13,15,17,24,28H,1-3,14,16H2. The Labute approximate surface area is 190 Å². The molecule has 0 spiro atoms. The van der Waals surface area contributed by atoms with Gasteiger partial charge in [0.2, 0.25) is 0 Å². The minimum absolute atomic E-state index is 0.216. The van der Waals surface area contributed by atoms with Gasteiger partial charge in [0.15, 0.2) is 6.29 Å². The minimum atomic E-state index is -0.333. The molecule has 1 aromatic carbocycles. The molecule has 168 valence electrons. The summed E-state index contributed by atoms with van der Waals surface area (Å²) in [6, 6.07) is 15.2. The van der Waals surface area contributed by atoms with Crippen LogP contribution in [0.25, 0.3) is 22.4 Å². The van der Waals surface area contributed by atoms with E-state index in [2.05, 4.69) is 20.9 Å². The summed E-state index contributed by atoms with van der Waals surface area (Å²) in [6.07, 6.45) is 9.66. The summed E-state index contributed by atoms with van der Waals surface area (Å²) < 4.78 is 8.60. The number of benzene rings is 1. The van der Waals surface area contributed by atoms with E-state index in [1.54, 1.807) is 29.3 Å². The maximum Gasteiger partial charge on any atom is 0.271 e. The van der Waals surface area contributed by atoms with Gasteiger partial charge in [-0.25, -0.2) is 14.2 Å². The molecule has 1 saturated heterocycles. The van der Waals surface area contributed by atoms with Crippen LogP contribution in [0.5, 0.6) is 0 Å². The predicted molar refractivity (Wildman–Crippen MR) is 123 cm³/mol. The summed E-state index contributed by atoms with van der Waals surface area (Å²) in [7, 11) is 0. The van der Waals surface area contributed by atoms with Gasteiger partial charge in [-0.2, -0.15) is 5.59 Å². The molecule has 1 fully saturated rings. The van der Waals surface area contributed by atoms with Crippen molar-refractivity contribution < 1.29 is 9.57 Å². The molecule has 1 aliphatic rings. The number of rotatable bonds is 7. The van der Waals surface area contributed by atoms with Crippen molar-refractivity contribution in [3.8, 4) is 22.4 Å². The van der Waals surface area contributed by atoms with Crippen molar-refractivity contribution in [1.29, 1.82) is 0 Å². The van der Waals surface area contributed by atoms with Gasteiger partial charge in [-0.3, -0.25) is 9.78 Å². The normalized spacial score (nSPS) is 15.9. The molecule has 4 aromatic rings. The Morgan fingerprint density at radius 3 is 2.61 bits per heavy atom. The fourth-order valence-corrected chi connectivity index (χ4v) is 3.67. The van der Waals surface area contributed by atoms with Crippen molar-refractivity contribution >= 4 is 0 Å². The zero-order valence-corrected chi connectivity index (χ0v) is 18.0. The van der Waals surface area contributed by atoms with Crippen LogP contribution in [-0.2, 0) is 16.1 Å². The molecule has 4 heterocycles. The summed E-state index contributed by atoms with van der Waals surface area (Å²) in [5.41, 5.74) is 7.06. The van der Waals surface area contributed by atoms with Crippen molar-refractivity contribution in [2.45, 2.75) is 32.1 Å². The van der Waals surface area contributed by atoms with Crippen LogP contribution >= 0.6 is 0 Å². The minimum Gasteiger partial charge on any atom is -0.350 e. The molecule has 9 nitrogen and oxygen atoms in total. The second-order valence-electron chi connectivity index (χ2n) is 7.86. The fourth-order valence-electron chi connectivity index (χ4n) is 3.67. The topological polar surface area (TPSA) is 96.1 Å². The molecule has 1 unspecified atom stereocenters. The molecule has 0 saturated carbocycles. The number of pyridine rings is 2. The van der Waals surface area contributed by atoms with E-state index in [0.29, 0.717) is 13.2 Å². The van der Waals surface area contributed by atoms with Crippen LogP contribution in [0.4, 0.5) is 0 Å². The van der Waals surface area contributed by atoms with E-state index in [1.807, 2.05) is 48.7 Å². The zero-order valence-electron chi connectivity index (χ0n) is 18.0. The summed E-state index contributed by atoms with van der Waals surface area (Å²) in [4.78, 5) is 22.0. The Morgan fingerprint density at radius 1 is 1.03 bits per heavy atom. The Balaban J connectivity index is 1.25. The summed E-state index contributed by atoms with van der Waals surface area (Å²) >= 11 is 0. The molecule has 0 radical (unpaired) electrons. The van der Waals surface area contributed by atoms with Crippen LogP contribution in [0.2, 0.25) is 0 Å². The van der Waals surface area contributed by atoms with Crippen molar-refractivity contribution in [3.63, 3.8) is 0 Å². The van der Waals surface area contributed by atoms with E-state index in [1.165, 1.54) is 4.68 Å². The zero-order chi connectivity index (χ0) is 22.5. The van der Waals surface area contributed by atoms with Gasteiger partial charge < -0.3 is 4.74 Å². The highest BCUT2D eigenvalue weighted by Gasteiger charge is 2.14. The first-order valence-electron chi connectivity index (χ1n) is 10.9. The van der Waals surface area contributed by atoms with E-state index in [9.17, 15) is 4.79 Å². The Kier molecular flexibility index (Phi) is 6.23. The van der Waals surface area contributed by atoms with Gasteiger partial charge in [0.05, 0.1) is 12.7 Å². The number of hydrogen-bond acceptors (Lipinski definition) is 7. The SMILES string of the molecule is O=c1cc(-c2ccc(-c3cn(Cc4ccncc4)nn3)cc2)ccn1NOC1CCCCO1. The third-order valence-electron chi connectivity index (χ3n) is 5.49. The van der Waals surface area contributed by atoms with Crippen LogP contribution < -0.4 is 11.1 Å². The molecule has 0 bridgehead atoms. The van der Waals surface area contributed by atoms with Crippen molar-refractivity contribution in [2.24, 2.45) is 0 Å². The smallest absolute Gasteiger partial charge is 0.271 e. The molecule has 1 aliphatic heterocycles. The van der Waals surface area contributed by atoms with E-state index in [0.717, 1.165) is 47.2 Å². The lowest BCUT2D eigenvalue weighted by atomic mass is 10.0. The number of nitrogens with one attached hydrogen (secondary N) is 1. The average molecular weight is 444 g/mol. The average Bonchev–Trinajstić information content (AvgIpc) is 3.33. The van der Waals surface area contributed by atoms with Crippen LogP contribution in [0, 0.1) is 0 Å². The summed E-state index contributed by atoms with van der Waals surface area (Å²) in [5.74, 6) is 0. The van der Waals surface area contributed by atoms with Gasteiger partial charge in [-0.05, 0) is 47.7 Å². The van der Waals surface area contributed by atoms with Gasteiger partial charge in [0.25, 0.3) is 5.56 Å². The van der Waals surface area contributed by atoms with Crippen LogP contribution in [0.1, 0.15) is 24.8 Å². The highest BCUT2D eigenvalue weighted by molar-refractivity contribution is 5.68. The predicted octanol–water partition coefficient (Wildman–Crippen LogP) is 3.22. The fraction of sp³-hybridized carbons (Fsp3) is 0.250. The largest absolute Gasteiger partial charge is 0.350 e. The van der Waals surface area contributed by atoms with Crippen molar-refractivity contribution in [3.05, 3.63) is 89.2 Å². The van der Waals surface area contributed by atoms with Gasteiger partial charge >= 0.3 is 0 Å². The Hall–Kier alpha value is -3.82. The molecule has 1 atom stereocenters. The third kappa shape index (κ3) is 5.16. The summed E-state index contributed by atoms with van der Waals surface area (Å²) in [6.45, 7) is 1.31. The Morgan fingerprint density at radius 2 is 1.85 bits per heavy atom. The molecule has 5 rings (SSSR count). The molecule has 0 amide bonds. The second-order valence-corrected chi connectivity index (χ2v) is 7.86. The second kappa shape index (κ2) is 9.76. The number of nitrogens with zero attached hydrogens (tertiary/aromatic N) is 5. The van der Waals surface area contributed by atoms with Gasteiger partial charge in [-0.1, -0.05) is 29.5 Å². The molecular formula is C24H24N6O3. The first kappa shape index (κ1) is 21.0. The van der Waals surface area contributed by atoms with Crippen LogP contribution in [0.15, 0.2) is 78.1 Å². The van der Waals surface area contributed by atoms with E-state index >= 15 is 0 Å². The highest BCUT2D eigenvalue weighted by Crippen LogP contribution is 2.23. The Bertz CT molecular complexity index is 1250.